The fourth-order valence-electron chi connectivity index (χ4n) is 4.19. The highest BCUT2D eigenvalue weighted by Gasteiger charge is 2.35. The molecule has 6 heteroatoms. The van der Waals surface area contributed by atoms with Gasteiger partial charge < -0.3 is 19.7 Å². The predicted octanol–water partition coefficient (Wildman–Crippen LogP) is 3.15. The Balaban J connectivity index is 1.18. The number of hydrogen-bond acceptors (Lipinski definition) is 5. The summed E-state index contributed by atoms with van der Waals surface area (Å²) in [4.78, 5) is 5.84. The smallest absolute Gasteiger partial charge is 0.119 e. The molecule has 0 spiro atoms. The number of piperidine rings is 1. The second-order valence-electron chi connectivity index (χ2n) is 7.92. The van der Waals surface area contributed by atoms with E-state index in [1.54, 1.807) is 0 Å². The summed E-state index contributed by atoms with van der Waals surface area (Å²) >= 11 is 5.49. The molecule has 3 fully saturated rings. The molecule has 1 aliphatic carbocycles. The van der Waals surface area contributed by atoms with Crippen LogP contribution in [0.5, 0.6) is 5.75 Å². The average Bonchev–Trinajstić information content (AvgIpc) is 2.67. The summed E-state index contributed by atoms with van der Waals surface area (Å²) in [7, 11) is 0. The average molecular weight is 390 g/mol. The van der Waals surface area contributed by atoms with Crippen molar-refractivity contribution in [3.8, 4) is 5.75 Å². The first-order valence-electron chi connectivity index (χ1n) is 10.4. The quantitative estimate of drug-likeness (QED) is 0.754. The van der Waals surface area contributed by atoms with E-state index in [1.165, 1.54) is 45.2 Å². The summed E-state index contributed by atoms with van der Waals surface area (Å²) in [5, 5.41) is 3.33. The van der Waals surface area contributed by atoms with Gasteiger partial charge in [-0.05, 0) is 50.2 Å². The van der Waals surface area contributed by atoms with Crippen molar-refractivity contribution < 1.29 is 9.47 Å². The summed E-state index contributed by atoms with van der Waals surface area (Å²) in [6.45, 7) is 6.85. The molecule has 1 saturated carbocycles. The maximum atomic E-state index is 6.14. The molecular formula is C21H31N3O2S. The maximum absolute atomic E-state index is 6.14. The van der Waals surface area contributed by atoms with E-state index in [9.17, 15) is 0 Å². The minimum atomic E-state index is 0.373. The lowest BCUT2D eigenvalue weighted by Gasteiger charge is -2.44. The number of thiocarbonyl (C=S) groups is 1. The van der Waals surface area contributed by atoms with Crippen molar-refractivity contribution in [2.75, 3.05) is 51.3 Å². The third-order valence-electron chi connectivity index (χ3n) is 5.89. The predicted molar refractivity (Wildman–Crippen MR) is 113 cm³/mol. The van der Waals surface area contributed by atoms with Gasteiger partial charge in [-0.3, -0.25) is 4.90 Å². The maximum Gasteiger partial charge on any atom is 0.119 e. The van der Waals surface area contributed by atoms with Crippen molar-refractivity contribution >= 4 is 22.9 Å². The van der Waals surface area contributed by atoms with Gasteiger partial charge in [0.15, 0.2) is 0 Å². The third kappa shape index (κ3) is 5.41. The van der Waals surface area contributed by atoms with E-state index >= 15 is 0 Å². The van der Waals surface area contributed by atoms with Crippen LogP contribution in [-0.2, 0) is 4.74 Å². The van der Waals surface area contributed by atoms with Gasteiger partial charge in [0.1, 0.15) is 11.9 Å². The molecule has 2 heterocycles. The summed E-state index contributed by atoms with van der Waals surface area (Å²) in [6.07, 6.45) is 6.85. The molecule has 27 heavy (non-hydrogen) atoms. The van der Waals surface area contributed by atoms with E-state index < -0.39 is 0 Å². The summed E-state index contributed by atoms with van der Waals surface area (Å²) in [6, 6.07) is 8.96. The van der Waals surface area contributed by atoms with Crippen LogP contribution in [0.15, 0.2) is 24.3 Å². The second kappa shape index (κ2) is 9.32. The summed E-state index contributed by atoms with van der Waals surface area (Å²) in [5.74, 6) is 0.960. The molecule has 0 aromatic heterocycles. The number of nitrogens with one attached hydrogen (secondary N) is 1. The van der Waals surface area contributed by atoms with Gasteiger partial charge in [0.25, 0.3) is 0 Å². The van der Waals surface area contributed by atoms with Crippen molar-refractivity contribution in [2.24, 2.45) is 0 Å². The van der Waals surface area contributed by atoms with Crippen molar-refractivity contribution in [1.82, 2.24) is 9.80 Å². The Kier molecular flexibility index (Phi) is 6.60. The Labute approximate surface area is 168 Å². The highest BCUT2D eigenvalue weighted by molar-refractivity contribution is 7.80. The number of rotatable bonds is 6. The molecule has 0 bridgehead atoms. The Morgan fingerprint density at radius 3 is 2.44 bits per heavy atom. The van der Waals surface area contributed by atoms with Crippen LogP contribution in [0.3, 0.4) is 0 Å². The van der Waals surface area contributed by atoms with Gasteiger partial charge in [-0.1, -0.05) is 18.6 Å². The molecule has 148 valence electrons. The molecule has 5 nitrogen and oxygen atoms in total. The van der Waals surface area contributed by atoms with E-state index in [0.29, 0.717) is 6.10 Å². The van der Waals surface area contributed by atoms with E-state index in [4.69, 9.17) is 21.7 Å². The zero-order valence-electron chi connectivity index (χ0n) is 16.1. The van der Waals surface area contributed by atoms with E-state index in [1.807, 2.05) is 12.1 Å². The van der Waals surface area contributed by atoms with Gasteiger partial charge in [0.05, 0.1) is 18.2 Å². The fraction of sp³-hybridized carbons (Fsp3) is 0.667. The van der Waals surface area contributed by atoms with Crippen LogP contribution in [0.2, 0.25) is 0 Å². The highest BCUT2D eigenvalue weighted by Crippen LogP contribution is 2.31. The second-order valence-corrected chi connectivity index (χ2v) is 8.42. The van der Waals surface area contributed by atoms with E-state index in [2.05, 4.69) is 27.2 Å². The van der Waals surface area contributed by atoms with Crippen molar-refractivity contribution in [2.45, 2.75) is 44.2 Å². The van der Waals surface area contributed by atoms with Crippen LogP contribution in [0.25, 0.3) is 0 Å². The minimum absolute atomic E-state index is 0.373. The SMILES string of the molecule is S=C(CN1CCOCC1)Nc1ccc(OC2CC(N3CCCCC3)C2)cc1. The first-order valence-corrected chi connectivity index (χ1v) is 10.8. The van der Waals surface area contributed by atoms with Crippen LogP contribution >= 0.6 is 12.2 Å². The Hall–Kier alpha value is -1.21. The normalized spacial score (nSPS) is 27.0. The van der Waals surface area contributed by atoms with Gasteiger partial charge in [0, 0.05) is 44.2 Å². The summed E-state index contributed by atoms with van der Waals surface area (Å²) < 4.78 is 11.5. The lowest BCUT2D eigenvalue weighted by atomic mass is 9.86. The van der Waals surface area contributed by atoms with Crippen molar-refractivity contribution in [3.63, 3.8) is 0 Å². The van der Waals surface area contributed by atoms with Crippen molar-refractivity contribution in [3.05, 3.63) is 24.3 Å². The zero-order chi connectivity index (χ0) is 18.5. The highest BCUT2D eigenvalue weighted by atomic mass is 32.1. The molecule has 1 aromatic carbocycles. The molecular weight excluding hydrogens is 358 g/mol. The monoisotopic (exact) mass is 389 g/mol. The van der Waals surface area contributed by atoms with Crippen LogP contribution in [0.4, 0.5) is 5.69 Å². The molecule has 1 aromatic rings. The molecule has 0 amide bonds. The van der Waals surface area contributed by atoms with Gasteiger partial charge in [-0.15, -0.1) is 0 Å². The molecule has 2 aliphatic heterocycles. The molecule has 0 atom stereocenters. The standard InChI is InChI=1S/C21H31N3O2S/c27-21(16-23-10-12-25-13-11-23)22-17-4-6-19(7-5-17)26-20-14-18(15-20)24-8-2-1-3-9-24/h4-7,18,20H,1-3,8-16H2,(H,22,27). The first kappa shape index (κ1) is 19.1. The largest absolute Gasteiger partial charge is 0.490 e. The van der Waals surface area contributed by atoms with Crippen LogP contribution < -0.4 is 10.1 Å². The lowest BCUT2D eigenvalue weighted by molar-refractivity contribution is 0.00893. The number of benzene rings is 1. The molecule has 3 aliphatic rings. The molecule has 1 N–H and O–H groups in total. The van der Waals surface area contributed by atoms with Crippen LogP contribution in [0.1, 0.15) is 32.1 Å². The first-order chi connectivity index (χ1) is 13.3. The lowest BCUT2D eigenvalue weighted by Crippen LogP contribution is -2.50. The molecule has 0 radical (unpaired) electrons. The summed E-state index contributed by atoms with van der Waals surface area (Å²) in [5.41, 5.74) is 1.03. The number of hydrogen-bond donors (Lipinski definition) is 1. The van der Waals surface area contributed by atoms with Gasteiger partial charge in [-0.2, -0.15) is 0 Å². The number of ether oxygens (including phenoxy) is 2. The molecule has 2 saturated heterocycles. The molecule has 4 rings (SSSR count). The topological polar surface area (TPSA) is 37.0 Å². The minimum Gasteiger partial charge on any atom is -0.490 e. The number of nitrogens with zero attached hydrogens (tertiary/aromatic N) is 2. The Morgan fingerprint density at radius 1 is 1.04 bits per heavy atom. The van der Waals surface area contributed by atoms with Gasteiger partial charge >= 0.3 is 0 Å². The number of anilines is 1. The van der Waals surface area contributed by atoms with Crippen LogP contribution in [-0.4, -0.2) is 72.9 Å². The number of morpholine rings is 1. The van der Waals surface area contributed by atoms with E-state index in [-0.39, 0.29) is 0 Å². The van der Waals surface area contributed by atoms with E-state index in [0.717, 1.165) is 55.3 Å². The van der Waals surface area contributed by atoms with Gasteiger partial charge in [0.2, 0.25) is 0 Å². The van der Waals surface area contributed by atoms with Gasteiger partial charge in [-0.25, -0.2) is 0 Å². The third-order valence-corrected chi connectivity index (χ3v) is 6.12. The fourth-order valence-corrected chi connectivity index (χ4v) is 4.49. The Morgan fingerprint density at radius 2 is 1.74 bits per heavy atom. The van der Waals surface area contributed by atoms with Crippen LogP contribution in [0, 0.1) is 0 Å². The number of likely N-dealkylation sites (tertiary alicyclic amines) is 1. The Bertz CT molecular complexity index is 606. The zero-order valence-corrected chi connectivity index (χ0v) is 16.9. The molecule has 0 unspecified atom stereocenters. The van der Waals surface area contributed by atoms with Crippen molar-refractivity contribution in [1.29, 1.82) is 0 Å².